The number of hydrogen-bond acceptors (Lipinski definition) is 3. The molecule has 0 N–H and O–H groups in total. The van der Waals surface area contributed by atoms with Gasteiger partial charge >= 0.3 is 0 Å². The first-order chi connectivity index (χ1) is 4.38. The summed E-state index contributed by atoms with van der Waals surface area (Å²) in [6, 6.07) is 0. The van der Waals surface area contributed by atoms with E-state index in [0.717, 1.165) is 19.6 Å². The summed E-state index contributed by atoms with van der Waals surface area (Å²) in [5.74, 6) is 0. The Bertz CT molecular complexity index is 126. The van der Waals surface area contributed by atoms with Gasteiger partial charge in [-0.15, -0.1) is 0 Å². The van der Waals surface area contributed by atoms with Crippen molar-refractivity contribution >= 4 is 35.3 Å². The monoisotopic (exact) mass is 256 g/mol. The van der Waals surface area contributed by atoms with Crippen LogP contribution in [0.2, 0.25) is 0 Å². The number of nitrogens with zero attached hydrogens (tertiary/aromatic N) is 2. The third-order valence-corrected chi connectivity index (χ3v) is 3.05. The maximum absolute atomic E-state index is 4.30. The molecule has 2 nitrogen and oxygen atoms in total. The normalized spacial score (nSPS) is 18.4. The highest BCUT2D eigenvalue weighted by Gasteiger charge is 2.13. The van der Waals surface area contributed by atoms with Gasteiger partial charge in [0.25, 0.3) is 0 Å². The zero-order valence-electron chi connectivity index (χ0n) is 5.30. The molecule has 1 aliphatic heterocycles. The average Bonchev–Trinajstić information content (AvgIpc) is 2.33. The van der Waals surface area contributed by atoms with Crippen molar-refractivity contribution in [3.8, 4) is 0 Å². The molecule has 0 aromatic carbocycles. The Morgan fingerprint density at radius 2 is 2.67 bits per heavy atom. The van der Waals surface area contributed by atoms with Crippen molar-refractivity contribution in [1.29, 1.82) is 0 Å². The third-order valence-electron chi connectivity index (χ3n) is 1.34. The molecule has 0 amide bonds. The molecule has 52 valence electrons. The third kappa shape index (κ3) is 1.73. The van der Waals surface area contributed by atoms with E-state index in [1.807, 2.05) is 0 Å². The standard InChI is InChI=1S/C5H9IN2S/c1-2-8-4-3-7-5(8)9-6/h2-4H2,1H3. The number of hydrogen-bond donors (Lipinski definition) is 0. The largest absolute Gasteiger partial charge is 0.349 e. The van der Waals surface area contributed by atoms with Crippen LogP contribution >= 0.6 is 30.1 Å². The van der Waals surface area contributed by atoms with Crippen LogP contribution in [0.5, 0.6) is 0 Å². The van der Waals surface area contributed by atoms with Crippen LogP contribution in [0.1, 0.15) is 6.92 Å². The molecule has 0 unspecified atom stereocenters. The molecule has 0 aliphatic carbocycles. The molecule has 1 heterocycles. The van der Waals surface area contributed by atoms with Gasteiger partial charge in [-0.2, -0.15) is 0 Å². The molecule has 0 atom stereocenters. The molecule has 0 radical (unpaired) electrons. The van der Waals surface area contributed by atoms with Crippen LogP contribution in [0.15, 0.2) is 4.99 Å². The van der Waals surface area contributed by atoms with Crippen molar-refractivity contribution in [1.82, 2.24) is 4.90 Å². The van der Waals surface area contributed by atoms with Crippen molar-refractivity contribution in [3.63, 3.8) is 0 Å². The van der Waals surface area contributed by atoms with Gasteiger partial charge in [-0.3, -0.25) is 4.99 Å². The fourth-order valence-electron chi connectivity index (χ4n) is 0.829. The van der Waals surface area contributed by atoms with E-state index < -0.39 is 0 Å². The van der Waals surface area contributed by atoms with E-state index in [9.17, 15) is 0 Å². The van der Waals surface area contributed by atoms with Gasteiger partial charge in [0.1, 0.15) is 0 Å². The second kappa shape index (κ2) is 3.65. The van der Waals surface area contributed by atoms with Gasteiger partial charge in [-0.25, -0.2) is 0 Å². The van der Waals surface area contributed by atoms with E-state index in [1.165, 1.54) is 5.17 Å². The van der Waals surface area contributed by atoms with Crippen molar-refractivity contribution in [3.05, 3.63) is 0 Å². The highest BCUT2D eigenvalue weighted by Crippen LogP contribution is 2.19. The van der Waals surface area contributed by atoms with Crippen LogP contribution in [0.25, 0.3) is 0 Å². The minimum absolute atomic E-state index is 0.985. The Morgan fingerprint density at radius 3 is 3.11 bits per heavy atom. The number of rotatable bonds is 1. The fourth-order valence-corrected chi connectivity index (χ4v) is 2.54. The number of amidine groups is 1. The van der Waals surface area contributed by atoms with Crippen molar-refractivity contribution in [2.75, 3.05) is 19.6 Å². The van der Waals surface area contributed by atoms with E-state index in [-0.39, 0.29) is 0 Å². The van der Waals surface area contributed by atoms with Crippen molar-refractivity contribution in [2.45, 2.75) is 6.92 Å². The molecule has 1 aliphatic rings. The van der Waals surface area contributed by atoms with Gasteiger partial charge in [-0.1, -0.05) is 0 Å². The first kappa shape index (κ1) is 7.65. The van der Waals surface area contributed by atoms with Gasteiger partial charge < -0.3 is 4.90 Å². The number of halogens is 1. The maximum Gasteiger partial charge on any atom is 0.169 e. The topological polar surface area (TPSA) is 15.6 Å². The summed E-state index contributed by atoms with van der Waals surface area (Å²) in [7, 11) is 1.71. The Kier molecular flexibility index (Phi) is 3.11. The summed E-state index contributed by atoms with van der Waals surface area (Å²) in [6.45, 7) is 5.35. The van der Waals surface area contributed by atoms with Gasteiger partial charge in [-0.05, 0) is 15.9 Å². The molecule has 0 spiro atoms. The van der Waals surface area contributed by atoms with E-state index >= 15 is 0 Å². The molecule has 0 fully saturated rings. The fraction of sp³-hybridized carbons (Fsp3) is 0.800. The lowest BCUT2D eigenvalue weighted by atomic mass is 10.6. The minimum atomic E-state index is 0.985. The first-order valence-corrected chi connectivity index (χ1v) is 6.32. The summed E-state index contributed by atoms with van der Waals surface area (Å²) in [5, 5.41) is 1.19. The highest BCUT2D eigenvalue weighted by molar-refractivity contribution is 14.2. The van der Waals surface area contributed by atoms with Crippen molar-refractivity contribution < 1.29 is 0 Å². The van der Waals surface area contributed by atoms with Crippen molar-refractivity contribution in [2.24, 2.45) is 4.99 Å². The molecule has 0 bridgehead atoms. The van der Waals surface area contributed by atoms with E-state index in [2.05, 4.69) is 38.0 Å². The summed E-state index contributed by atoms with van der Waals surface area (Å²) in [4.78, 5) is 6.59. The van der Waals surface area contributed by atoms with Crippen LogP contribution in [0, 0.1) is 0 Å². The second-order valence-electron chi connectivity index (χ2n) is 1.82. The summed E-state index contributed by atoms with van der Waals surface area (Å²) < 4.78 is 0. The molecule has 4 heteroatoms. The van der Waals surface area contributed by atoms with Gasteiger partial charge in [0.15, 0.2) is 5.17 Å². The number of likely N-dealkylation sites (N-methyl/N-ethyl adjacent to an activating group) is 1. The first-order valence-electron chi connectivity index (χ1n) is 2.96. The van der Waals surface area contributed by atoms with Crippen LogP contribution < -0.4 is 0 Å². The van der Waals surface area contributed by atoms with Crippen LogP contribution in [0.4, 0.5) is 0 Å². The Hall–Kier alpha value is 0.550. The Morgan fingerprint density at radius 1 is 1.89 bits per heavy atom. The predicted molar refractivity (Wildman–Crippen MR) is 51.2 cm³/mol. The minimum Gasteiger partial charge on any atom is -0.349 e. The quantitative estimate of drug-likeness (QED) is 0.664. The van der Waals surface area contributed by atoms with Gasteiger partial charge in [0, 0.05) is 34.3 Å². The Labute approximate surface area is 71.7 Å². The lowest BCUT2D eigenvalue weighted by Gasteiger charge is -2.14. The molecule has 1 rings (SSSR count). The maximum atomic E-state index is 4.30. The molecule has 9 heavy (non-hydrogen) atoms. The lowest BCUT2D eigenvalue weighted by Crippen LogP contribution is -2.24. The molecular weight excluding hydrogens is 247 g/mol. The molecule has 0 aromatic rings. The summed E-state index contributed by atoms with van der Waals surface area (Å²) in [5.41, 5.74) is 0. The second-order valence-corrected chi connectivity index (χ2v) is 3.66. The smallest absolute Gasteiger partial charge is 0.169 e. The summed E-state index contributed by atoms with van der Waals surface area (Å²) in [6.07, 6.45) is 0. The molecule has 0 saturated carbocycles. The van der Waals surface area contributed by atoms with Crippen LogP contribution in [0.3, 0.4) is 0 Å². The predicted octanol–water partition coefficient (Wildman–Crippen LogP) is 1.76. The van der Waals surface area contributed by atoms with E-state index in [1.54, 1.807) is 8.93 Å². The van der Waals surface area contributed by atoms with E-state index in [4.69, 9.17) is 0 Å². The van der Waals surface area contributed by atoms with Gasteiger partial charge in [0.2, 0.25) is 0 Å². The van der Waals surface area contributed by atoms with Crippen LogP contribution in [-0.2, 0) is 0 Å². The van der Waals surface area contributed by atoms with Gasteiger partial charge in [0.05, 0.1) is 6.54 Å². The molecule has 0 aromatic heterocycles. The zero-order valence-corrected chi connectivity index (χ0v) is 8.28. The average molecular weight is 256 g/mol. The summed E-state index contributed by atoms with van der Waals surface area (Å²) >= 11 is 2.27. The number of aliphatic imine (C=N–C) groups is 1. The molecular formula is C5H9IN2S. The SMILES string of the molecule is CCN1CCN=C1SI. The van der Waals surface area contributed by atoms with E-state index in [0.29, 0.717) is 0 Å². The lowest BCUT2D eigenvalue weighted by molar-refractivity contribution is 0.491. The highest BCUT2D eigenvalue weighted by atomic mass is 127. The Balaban J connectivity index is 2.47. The zero-order chi connectivity index (χ0) is 6.69. The van der Waals surface area contributed by atoms with Crippen LogP contribution in [-0.4, -0.2) is 29.7 Å². The molecule has 0 saturated heterocycles.